The van der Waals surface area contributed by atoms with Crippen LogP contribution in [0.5, 0.6) is 0 Å². The number of benzene rings is 2. The molecule has 2 aromatic heterocycles. The number of hydrogen-bond donors (Lipinski definition) is 2. The minimum Gasteiger partial charge on any atom is -0.478 e. The van der Waals surface area contributed by atoms with Crippen molar-refractivity contribution in [3.63, 3.8) is 0 Å². The van der Waals surface area contributed by atoms with Crippen LogP contribution in [0, 0.1) is 0 Å². The van der Waals surface area contributed by atoms with E-state index in [1.54, 1.807) is 0 Å². The molecule has 2 aromatic carbocycles. The Kier molecular flexibility index (Phi) is 4.83. The Morgan fingerprint density at radius 3 is 2.52 bits per heavy atom. The molecular formula is C23H22N6O2. The summed E-state index contributed by atoms with van der Waals surface area (Å²) in [5, 5.41) is 14.3. The number of carboxylic acid groups (broad SMARTS) is 1. The molecule has 0 radical (unpaired) electrons. The van der Waals surface area contributed by atoms with Crippen LogP contribution < -0.4 is 10.6 Å². The van der Waals surface area contributed by atoms with Gasteiger partial charge in [-0.15, -0.1) is 0 Å². The Morgan fingerprint density at radius 2 is 1.81 bits per heavy atom. The second-order valence-electron chi connectivity index (χ2n) is 7.75. The summed E-state index contributed by atoms with van der Waals surface area (Å²) in [6, 6.07) is 16.5. The second kappa shape index (κ2) is 7.81. The van der Waals surface area contributed by atoms with E-state index >= 15 is 0 Å². The van der Waals surface area contributed by atoms with Crippen molar-refractivity contribution in [2.45, 2.75) is 18.9 Å². The van der Waals surface area contributed by atoms with Crippen LogP contribution in [0.1, 0.15) is 23.2 Å². The summed E-state index contributed by atoms with van der Waals surface area (Å²) in [4.78, 5) is 23.0. The average molecular weight is 414 g/mol. The molecule has 0 bridgehead atoms. The van der Waals surface area contributed by atoms with E-state index in [2.05, 4.69) is 33.2 Å². The summed E-state index contributed by atoms with van der Waals surface area (Å²) in [6.45, 7) is 1.61. The van der Waals surface area contributed by atoms with E-state index in [9.17, 15) is 9.90 Å². The first-order valence-electron chi connectivity index (χ1n) is 10.2. The third kappa shape index (κ3) is 3.73. The predicted octanol–water partition coefficient (Wildman–Crippen LogP) is 3.11. The van der Waals surface area contributed by atoms with Gasteiger partial charge in [0.2, 0.25) is 0 Å². The van der Waals surface area contributed by atoms with Crippen molar-refractivity contribution in [1.82, 2.24) is 19.7 Å². The van der Waals surface area contributed by atoms with E-state index in [1.807, 2.05) is 30.3 Å². The Bertz CT molecular complexity index is 1250. The highest BCUT2D eigenvalue weighted by atomic mass is 16.4. The quantitative estimate of drug-likeness (QED) is 0.528. The number of anilines is 1. The van der Waals surface area contributed by atoms with Crippen LogP contribution in [-0.4, -0.2) is 50.0 Å². The molecule has 0 spiro atoms. The highest BCUT2D eigenvalue weighted by Crippen LogP contribution is 2.31. The average Bonchev–Trinajstić information content (AvgIpc) is 3.30. The van der Waals surface area contributed by atoms with Gasteiger partial charge in [0.05, 0.1) is 17.3 Å². The number of nitrogens with two attached hydrogens (primary N) is 1. The zero-order chi connectivity index (χ0) is 21.4. The van der Waals surface area contributed by atoms with Gasteiger partial charge in [-0.25, -0.2) is 14.5 Å². The molecule has 3 heterocycles. The molecule has 31 heavy (non-hydrogen) atoms. The summed E-state index contributed by atoms with van der Waals surface area (Å²) in [7, 11) is 0. The molecule has 0 saturated carbocycles. The third-order valence-electron chi connectivity index (χ3n) is 5.64. The molecular weight excluding hydrogens is 392 g/mol. The molecule has 0 amide bonds. The van der Waals surface area contributed by atoms with Crippen LogP contribution in [0.3, 0.4) is 0 Å². The van der Waals surface area contributed by atoms with Crippen LogP contribution in [0.15, 0.2) is 60.9 Å². The lowest BCUT2D eigenvalue weighted by Crippen LogP contribution is -2.40. The van der Waals surface area contributed by atoms with E-state index in [1.165, 1.54) is 17.1 Å². The highest BCUT2D eigenvalue weighted by molar-refractivity contribution is 5.93. The van der Waals surface area contributed by atoms with E-state index in [0.29, 0.717) is 5.95 Å². The van der Waals surface area contributed by atoms with Crippen molar-refractivity contribution in [3.05, 3.63) is 66.5 Å². The van der Waals surface area contributed by atoms with E-state index < -0.39 is 5.97 Å². The van der Waals surface area contributed by atoms with Gasteiger partial charge < -0.3 is 15.7 Å². The monoisotopic (exact) mass is 414 g/mol. The normalized spacial score (nSPS) is 14.8. The maximum atomic E-state index is 11.3. The molecule has 4 aromatic rings. The van der Waals surface area contributed by atoms with Crippen LogP contribution in [0.4, 0.5) is 5.82 Å². The van der Waals surface area contributed by atoms with E-state index in [-0.39, 0.29) is 11.6 Å². The summed E-state index contributed by atoms with van der Waals surface area (Å²) in [5.41, 5.74) is 9.19. The maximum absolute atomic E-state index is 11.3. The molecule has 0 unspecified atom stereocenters. The Morgan fingerprint density at radius 1 is 1.03 bits per heavy atom. The standard InChI is InChI=1S/C23H22N6O2/c24-18-8-10-28(11-9-18)21-19-12-16(15-4-2-1-3-5-15)6-7-20(19)26-23(27-21)29-14-17(13-25-29)22(30)31/h1-7,12-14,18H,8-11,24H2,(H,30,31). The summed E-state index contributed by atoms with van der Waals surface area (Å²) in [6.07, 6.45) is 4.51. The first kappa shape index (κ1) is 19.2. The van der Waals surface area contributed by atoms with Gasteiger partial charge >= 0.3 is 5.97 Å². The molecule has 0 aliphatic carbocycles. The second-order valence-corrected chi connectivity index (χ2v) is 7.75. The van der Waals surface area contributed by atoms with Crippen LogP contribution >= 0.6 is 0 Å². The lowest BCUT2D eigenvalue weighted by Gasteiger charge is -2.32. The number of aromatic nitrogens is 4. The number of piperidine rings is 1. The fourth-order valence-corrected chi connectivity index (χ4v) is 3.91. The summed E-state index contributed by atoms with van der Waals surface area (Å²) < 4.78 is 1.41. The van der Waals surface area contributed by atoms with Gasteiger partial charge in [0.25, 0.3) is 5.95 Å². The molecule has 1 fully saturated rings. The number of nitrogens with zero attached hydrogens (tertiary/aromatic N) is 5. The van der Waals surface area contributed by atoms with Gasteiger partial charge in [0, 0.05) is 30.7 Å². The van der Waals surface area contributed by atoms with Gasteiger partial charge in [0.15, 0.2) is 0 Å². The van der Waals surface area contributed by atoms with Gasteiger partial charge in [-0.1, -0.05) is 36.4 Å². The molecule has 1 aliphatic heterocycles. The summed E-state index contributed by atoms with van der Waals surface area (Å²) in [5.74, 6) is 0.124. The molecule has 1 saturated heterocycles. The van der Waals surface area contributed by atoms with Crippen molar-refractivity contribution >= 4 is 22.7 Å². The maximum Gasteiger partial charge on any atom is 0.338 e. The predicted molar refractivity (Wildman–Crippen MR) is 118 cm³/mol. The molecule has 156 valence electrons. The Balaban J connectivity index is 1.66. The lowest BCUT2D eigenvalue weighted by atomic mass is 10.0. The number of fused-ring (bicyclic) bond motifs is 1. The summed E-state index contributed by atoms with van der Waals surface area (Å²) >= 11 is 0. The molecule has 3 N–H and O–H groups in total. The smallest absolute Gasteiger partial charge is 0.338 e. The molecule has 8 heteroatoms. The number of carboxylic acids is 1. The number of carbonyl (C=O) groups is 1. The van der Waals surface area contributed by atoms with E-state index in [4.69, 9.17) is 10.7 Å². The lowest BCUT2D eigenvalue weighted by molar-refractivity contribution is 0.0697. The zero-order valence-corrected chi connectivity index (χ0v) is 16.8. The van der Waals surface area contributed by atoms with E-state index in [0.717, 1.165) is 53.8 Å². The van der Waals surface area contributed by atoms with Crippen molar-refractivity contribution in [3.8, 4) is 17.1 Å². The van der Waals surface area contributed by atoms with Crippen molar-refractivity contribution < 1.29 is 9.90 Å². The Hall–Kier alpha value is -3.78. The van der Waals surface area contributed by atoms with Gasteiger partial charge in [-0.2, -0.15) is 10.1 Å². The number of aromatic carboxylic acids is 1. The SMILES string of the molecule is NC1CCN(c2nc(-n3cc(C(=O)O)cn3)nc3ccc(-c4ccccc4)cc23)CC1. The first-order chi connectivity index (χ1) is 15.1. The van der Waals surface area contributed by atoms with Gasteiger partial charge in [-0.05, 0) is 36.1 Å². The van der Waals surface area contributed by atoms with Gasteiger partial charge in [0.1, 0.15) is 5.82 Å². The largest absolute Gasteiger partial charge is 0.478 e. The molecule has 0 atom stereocenters. The Labute approximate surface area is 179 Å². The topological polar surface area (TPSA) is 110 Å². The van der Waals surface area contributed by atoms with Crippen LogP contribution in [-0.2, 0) is 0 Å². The van der Waals surface area contributed by atoms with Crippen LogP contribution in [0.2, 0.25) is 0 Å². The van der Waals surface area contributed by atoms with Crippen molar-refractivity contribution in [1.29, 1.82) is 0 Å². The van der Waals surface area contributed by atoms with Crippen molar-refractivity contribution in [2.75, 3.05) is 18.0 Å². The molecule has 5 rings (SSSR count). The molecule has 8 nitrogen and oxygen atoms in total. The minimum atomic E-state index is -1.04. The van der Waals surface area contributed by atoms with Gasteiger partial charge in [-0.3, -0.25) is 0 Å². The minimum absolute atomic E-state index is 0.0913. The highest BCUT2D eigenvalue weighted by Gasteiger charge is 2.22. The number of hydrogen-bond acceptors (Lipinski definition) is 6. The first-order valence-corrected chi connectivity index (χ1v) is 10.2. The zero-order valence-electron chi connectivity index (χ0n) is 16.8. The molecule has 1 aliphatic rings. The third-order valence-corrected chi connectivity index (χ3v) is 5.64. The van der Waals surface area contributed by atoms with Crippen LogP contribution in [0.25, 0.3) is 28.0 Å². The van der Waals surface area contributed by atoms with Crippen molar-refractivity contribution in [2.24, 2.45) is 5.73 Å². The number of rotatable bonds is 4. The fraction of sp³-hybridized carbons (Fsp3) is 0.217. The fourth-order valence-electron chi connectivity index (χ4n) is 3.91.